The Labute approximate surface area is 147 Å². The second-order valence-corrected chi connectivity index (χ2v) is 5.64. The number of piperidine rings is 1. The second kappa shape index (κ2) is 8.96. The lowest BCUT2D eigenvalue weighted by molar-refractivity contribution is 0.0869. The van der Waals surface area contributed by atoms with Gasteiger partial charge in [0, 0.05) is 19.1 Å². The first-order valence-corrected chi connectivity index (χ1v) is 8.15. The quantitative estimate of drug-likeness (QED) is 0.798. The molecule has 2 amide bonds. The fraction of sp³-hybridized carbons (Fsp3) is 0.444. The van der Waals surface area contributed by atoms with Crippen molar-refractivity contribution in [1.82, 2.24) is 10.2 Å². The maximum atomic E-state index is 12.6. The van der Waals surface area contributed by atoms with Gasteiger partial charge in [-0.25, -0.2) is 4.79 Å². The van der Waals surface area contributed by atoms with Crippen molar-refractivity contribution >= 4 is 12.0 Å². The summed E-state index contributed by atoms with van der Waals surface area (Å²) in [5.74, 6) is 0.673. The SMILES string of the molecule is C=CCOC(=O)N1CCC(NC(=O)c2c(OC)cccc2OC)CC1. The van der Waals surface area contributed by atoms with Crippen LogP contribution in [0.4, 0.5) is 4.79 Å². The van der Waals surface area contributed by atoms with E-state index in [2.05, 4.69) is 11.9 Å². The summed E-state index contributed by atoms with van der Waals surface area (Å²) in [4.78, 5) is 26.1. The van der Waals surface area contributed by atoms with Gasteiger partial charge in [0.2, 0.25) is 0 Å². The first kappa shape index (κ1) is 18.6. The Kier molecular flexibility index (Phi) is 6.68. The topological polar surface area (TPSA) is 77.1 Å². The highest BCUT2D eigenvalue weighted by molar-refractivity contribution is 5.99. The molecule has 25 heavy (non-hydrogen) atoms. The van der Waals surface area contributed by atoms with E-state index in [1.54, 1.807) is 23.1 Å². The molecule has 1 saturated heterocycles. The monoisotopic (exact) mass is 348 g/mol. The summed E-state index contributed by atoms with van der Waals surface area (Å²) in [7, 11) is 3.03. The molecule has 1 N–H and O–H groups in total. The van der Waals surface area contributed by atoms with Gasteiger partial charge in [-0.1, -0.05) is 18.7 Å². The molecule has 2 rings (SSSR count). The van der Waals surface area contributed by atoms with Crippen molar-refractivity contribution < 1.29 is 23.8 Å². The molecule has 7 nitrogen and oxygen atoms in total. The highest BCUT2D eigenvalue weighted by Gasteiger charge is 2.26. The maximum absolute atomic E-state index is 12.6. The minimum absolute atomic E-state index is 0.0226. The number of nitrogens with one attached hydrogen (secondary N) is 1. The summed E-state index contributed by atoms with van der Waals surface area (Å²) in [6.07, 6.45) is 2.50. The van der Waals surface area contributed by atoms with Crippen molar-refractivity contribution in [2.24, 2.45) is 0 Å². The zero-order valence-electron chi connectivity index (χ0n) is 14.6. The first-order valence-electron chi connectivity index (χ1n) is 8.15. The summed E-state index contributed by atoms with van der Waals surface area (Å²) < 4.78 is 15.6. The summed E-state index contributed by atoms with van der Waals surface area (Å²) in [5, 5.41) is 2.99. The standard InChI is InChI=1S/C18H24N2O5/c1-4-12-25-18(22)20-10-8-13(9-11-20)19-17(21)16-14(23-2)6-5-7-15(16)24-3/h4-7,13H,1,8-12H2,2-3H3,(H,19,21). The molecule has 0 saturated carbocycles. The number of carbonyl (C=O) groups is 2. The van der Waals surface area contributed by atoms with Crippen molar-refractivity contribution in [2.45, 2.75) is 18.9 Å². The Morgan fingerprint density at radius 2 is 1.84 bits per heavy atom. The van der Waals surface area contributed by atoms with Crippen LogP contribution in [-0.4, -0.2) is 56.9 Å². The van der Waals surface area contributed by atoms with Crippen molar-refractivity contribution in [3.05, 3.63) is 36.4 Å². The van der Waals surface area contributed by atoms with Crippen LogP contribution in [0.2, 0.25) is 0 Å². The lowest BCUT2D eigenvalue weighted by atomic mass is 10.0. The second-order valence-electron chi connectivity index (χ2n) is 5.64. The van der Waals surface area contributed by atoms with Crippen LogP contribution in [0.25, 0.3) is 0 Å². The van der Waals surface area contributed by atoms with E-state index in [4.69, 9.17) is 14.2 Å². The summed E-state index contributed by atoms with van der Waals surface area (Å²) in [6, 6.07) is 5.18. The Hall–Kier alpha value is -2.70. The number of likely N-dealkylation sites (tertiary alicyclic amines) is 1. The number of ether oxygens (including phenoxy) is 3. The Balaban J connectivity index is 1.95. The summed E-state index contributed by atoms with van der Waals surface area (Å²) >= 11 is 0. The minimum atomic E-state index is -0.351. The lowest BCUT2D eigenvalue weighted by Crippen LogP contribution is -2.46. The van der Waals surface area contributed by atoms with Crippen molar-refractivity contribution in [1.29, 1.82) is 0 Å². The molecule has 7 heteroatoms. The van der Waals surface area contributed by atoms with Crippen molar-refractivity contribution in [3.63, 3.8) is 0 Å². The molecule has 0 radical (unpaired) electrons. The van der Waals surface area contributed by atoms with Crippen LogP contribution < -0.4 is 14.8 Å². The van der Waals surface area contributed by atoms with E-state index in [0.717, 1.165) is 0 Å². The Morgan fingerprint density at radius 1 is 1.24 bits per heavy atom. The molecule has 0 aromatic heterocycles. The number of methoxy groups -OCH3 is 2. The van der Waals surface area contributed by atoms with Gasteiger partial charge in [0.05, 0.1) is 14.2 Å². The van der Waals surface area contributed by atoms with Gasteiger partial charge >= 0.3 is 6.09 Å². The van der Waals surface area contributed by atoms with E-state index in [1.165, 1.54) is 20.3 Å². The molecule has 1 fully saturated rings. The average molecular weight is 348 g/mol. The van der Waals surface area contributed by atoms with Gasteiger partial charge in [0.1, 0.15) is 23.7 Å². The van der Waals surface area contributed by atoms with Gasteiger partial charge < -0.3 is 24.4 Å². The van der Waals surface area contributed by atoms with Gasteiger partial charge in [0.15, 0.2) is 0 Å². The highest BCUT2D eigenvalue weighted by atomic mass is 16.6. The molecule has 1 aliphatic heterocycles. The molecular weight excluding hydrogens is 324 g/mol. The van der Waals surface area contributed by atoms with Crippen LogP contribution in [0.1, 0.15) is 23.2 Å². The molecule has 1 aromatic carbocycles. The zero-order chi connectivity index (χ0) is 18.2. The molecular formula is C18H24N2O5. The van der Waals surface area contributed by atoms with E-state index < -0.39 is 0 Å². The number of benzene rings is 1. The van der Waals surface area contributed by atoms with E-state index in [9.17, 15) is 9.59 Å². The minimum Gasteiger partial charge on any atom is -0.496 e. The van der Waals surface area contributed by atoms with Crippen LogP contribution in [0, 0.1) is 0 Å². The number of nitrogens with zero attached hydrogens (tertiary/aromatic N) is 1. The smallest absolute Gasteiger partial charge is 0.410 e. The fourth-order valence-electron chi connectivity index (χ4n) is 2.76. The molecule has 0 atom stereocenters. The van der Waals surface area contributed by atoms with Crippen LogP contribution in [0.15, 0.2) is 30.9 Å². The summed E-state index contributed by atoms with van der Waals surface area (Å²) in [5.41, 5.74) is 0.375. The zero-order valence-corrected chi connectivity index (χ0v) is 14.6. The fourth-order valence-corrected chi connectivity index (χ4v) is 2.76. The van der Waals surface area contributed by atoms with Crippen LogP contribution >= 0.6 is 0 Å². The van der Waals surface area contributed by atoms with Crippen LogP contribution in [0.5, 0.6) is 11.5 Å². The Bertz CT molecular complexity index is 602. The number of carbonyl (C=O) groups excluding carboxylic acids is 2. The van der Waals surface area contributed by atoms with Gasteiger partial charge in [-0.2, -0.15) is 0 Å². The third kappa shape index (κ3) is 4.65. The van der Waals surface area contributed by atoms with Crippen LogP contribution in [-0.2, 0) is 4.74 Å². The molecule has 0 unspecified atom stereocenters. The normalized spacial score (nSPS) is 14.6. The summed E-state index contributed by atoms with van der Waals surface area (Å²) in [6.45, 7) is 4.78. The highest BCUT2D eigenvalue weighted by Crippen LogP contribution is 2.28. The van der Waals surface area contributed by atoms with Crippen LogP contribution in [0.3, 0.4) is 0 Å². The molecule has 1 aliphatic rings. The Morgan fingerprint density at radius 3 is 2.36 bits per heavy atom. The number of rotatable bonds is 6. The predicted molar refractivity (Wildman–Crippen MR) is 93.2 cm³/mol. The number of hydrogen-bond acceptors (Lipinski definition) is 5. The molecule has 1 aromatic rings. The van der Waals surface area contributed by atoms with Gasteiger partial charge in [0.25, 0.3) is 5.91 Å². The maximum Gasteiger partial charge on any atom is 0.410 e. The van der Waals surface area contributed by atoms with E-state index in [1.807, 2.05) is 0 Å². The van der Waals surface area contributed by atoms with E-state index >= 15 is 0 Å². The number of hydrogen-bond donors (Lipinski definition) is 1. The lowest BCUT2D eigenvalue weighted by Gasteiger charge is -2.31. The molecule has 0 spiro atoms. The molecule has 0 bridgehead atoms. The average Bonchev–Trinajstić information content (AvgIpc) is 2.65. The number of amides is 2. The van der Waals surface area contributed by atoms with Crippen molar-refractivity contribution in [3.8, 4) is 11.5 Å². The largest absolute Gasteiger partial charge is 0.496 e. The third-order valence-corrected chi connectivity index (χ3v) is 4.07. The van der Waals surface area contributed by atoms with Gasteiger partial charge in [-0.05, 0) is 25.0 Å². The van der Waals surface area contributed by atoms with E-state index in [0.29, 0.717) is 43.0 Å². The molecule has 136 valence electrons. The van der Waals surface area contributed by atoms with Gasteiger partial charge in [-0.15, -0.1) is 0 Å². The third-order valence-electron chi connectivity index (χ3n) is 4.07. The van der Waals surface area contributed by atoms with E-state index in [-0.39, 0.29) is 24.6 Å². The van der Waals surface area contributed by atoms with Gasteiger partial charge in [-0.3, -0.25) is 4.79 Å². The molecule has 0 aliphatic carbocycles. The molecule has 1 heterocycles. The van der Waals surface area contributed by atoms with Crippen molar-refractivity contribution in [2.75, 3.05) is 33.9 Å². The first-order chi connectivity index (χ1) is 12.1. The predicted octanol–water partition coefficient (Wildman–Crippen LogP) is 2.22.